The first kappa shape index (κ1) is 121. The maximum Gasteiger partial charge on any atom is 0.282 e. The Kier molecular flexibility index (Phi) is 48.3. The maximum absolute atomic E-state index is 12.7. The Labute approximate surface area is 861 Å². The molecule has 0 aliphatic heterocycles. The number of halogens is 10. The minimum atomic E-state index is -2.81. The SMILES string of the molecule is CC(C)C(C)n1ccc(C2CC2)n1.CC(C)Cc1ccn(C(C)C)n1.CC(C)Cc1ccn(C2CC2)n1.CC(C)Cn1ccc(C(C)C)n1.CC(C)Cn1ccc(C2CC2)n1.CC(C)Cn1nc(C(F)F)cc1C(F)F.CC(C)Cn1nc(C(F)F)cc1C1CC1.CC(C)Cn1nc(C2CC2)cc1C(F)F.CC(C)[C@@H](C)n1ccc(C2CC2)n1.CC(C)[C@H](C)n1ccc(C2CC2)n1.Cc1cc(C(F)F)nn1CC(C)C. The average Bonchev–Trinajstić information content (AvgIpc) is 1.64. The molecular weight excluding hydrogens is 1860 g/mol. The highest BCUT2D eigenvalue weighted by Crippen LogP contribution is 2.45. The predicted octanol–water partition coefficient (Wildman–Crippen LogP) is 32.0. The summed E-state index contributed by atoms with van der Waals surface area (Å²) in [6, 6.07) is 23.2. The molecule has 11 heterocycles. The Bertz CT molecular complexity index is 4920. The third kappa shape index (κ3) is 43.0. The van der Waals surface area contributed by atoms with Crippen molar-refractivity contribution < 1.29 is 43.9 Å². The maximum atomic E-state index is 12.7. The van der Waals surface area contributed by atoms with Crippen LogP contribution in [0.25, 0.3) is 0 Å². The summed E-state index contributed by atoms with van der Waals surface area (Å²) in [4.78, 5) is 0. The lowest BCUT2D eigenvalue weighted by Crippen LogP contribution is -2.12. The molecule has 7 aliphatic rings. The van der Waals surface area contributed by atoms with Crippen molar-refractivity contribution in [2.24, 2.45) is 65.1 Å². The molecular formula is C113H180F10N22. The van der Waals surface area contributed by atoms with Gasteiger partial charge in [-0.1, -0.05) is 166 Å². The molecule has 7 saturated carbocycles. The zero-order chi connectivity index (χ0) is 107. The van der Waals surface area contributed by atoms with E-state index in [1.807, 2.05) is 37.1 Å². The smallest absolute Gasteiger partial charge is 0.272 e. The van der Waals surface area contributed by atoms with Gasteiger partial charge in [0.25, 0.3) is 32.1 Å². The Morgan fingerprint density at radius 3 is 0.952 bits per heavy atom. The lowest BCUT2D eigenvalue weighted by atomic mass is 10.1. The van der Waals surface area contributed by atoms with E-state index < -0.39 is 43.5 Å². The summed E-state index contributed by atoms with van der Waals surface area (Å²) in [6.45, 7) is 68.4. The lowest BCUT2D eigenvalue weighted by molar-refractivity contribution is 0.137. The molecule has 0 aromatic carbocycles. The summed E-state index contributed by atoms with van der Waals surface area (Å²) in [5.74, 6) is 10.6. The first-order valence-electron chi connectivity index (χ1n) is 54.3. The van der Waals surface area contributed by atoms with Gasteiger partial charge in [-0.25, -0.2) is 43.9 Å². The fraction of sp³-hybridized carbons (Fsp3) is 0.708. The van der Waals surface area contributed by atoms with Gasteiger partial charge in [-0.3, -0.25) is 51.5 Å². The van der Waals surface area contributed by atoms with Gasteiger partial charge in [-0.2, -0.15) is 56.1 Å². The van der Waals surface area contributed by atoms with Gasteiger partial charge in [0.15, 0.2) is 0 Å². The monoisotopic (exact) mass is 2040 g/mol. The van der Waals surface area contributed by atoms with E-state index in [9.17, 15) is 43.9 Å². The van der Waals surface area contributed by atoms with Crippen LogP contribution in [0.15, 0.2) is 110 Å². The van der Waals surface area contributed by atoms with Gasteiger partial charge in [0.2, 0.25) is 0 Å². The van der Waals surface area contributed by atoms with Crippen LogP contribution in [0.1, 0.15) is 480 Å². The van der Waals surface area contributed by atoms with Gasteiger partial charge < -0.3 is 0 Å². The molecule has 1 unspecified atom stereocenters. The topological polar surface area (TPSA) is 196 Å². The minimum Gasteiger partial charge on any atom is -0.272 e. The van der Waals surface area contributed by atoms with Gasteiger partial charge in [-0.05, 0) is 282 Å². The highest BCUT2D eigenvalue weighted by Gasteiger charge is 2.34. The van der Waals surface area contributed by atoms with Crippen molar-refractivity contribution in [3.63, 3.8) is 0 Å². The first-order valence-corrected chi connectivity index (χ1v) is 54.3. The van der Waals surface area contributed by atoms with Crippen molar-refractivity contribution in [3.8, 4) is 0 Å². The molecule has 3 atom stereocenters. The quantitative estimate of drug-likeness (QED) is 0.0339. The largest absolute Gasteiger partial charge is 0.282 e. The van der Waals surface area contributed by atoms with E-state index in [0.29, 0.717) is 114 Å². The Hall–Kier alpha value is -9.39. The summed E-state index contributed by atoms with van der Waals surface area (Å²) in [7, 11) is 0. The van der Waals surface area contributed by atoms with Crippen LogP contribution in [-0.4, -0.2) is 108 Å². The Morgan fingerprint density at radius 1 is 0.262 bits per heavy atom. The highest BCUT2D eigenvalue weighted by molar-refractivity contribution is 5.23. The summed E-state index contributed by atoms with van der Waals surface area (Å²) >= 11 is 0. The molecule has 0 bridgehead atoms. The van der Waals surface area contributed by atoms with Crippen molar-refractivity contribution in [2.75, 3.05) is 0 Å². The lowest BCUT2D eigenvalue weighted by Gasteiger charge is -2.15. The minimum absolute atomic E-state index is 0.0717. The molecule has 145 heavy (non-hydrogen) atoms. The zero-order valence-corrected chi connectivity index (χ0v) is 93.2. The standard InChI is InChI=1S/2C11H16F2N2.3C11H18N2.2C10H16N2.2C10H18N2.C9H12F4N2.C9H14F2N2/c1-7(2)6-15-10(8-3-4-8)5-9(14-15)11(12)13;1-7(2)6-15-10(11(12)13)5-9(14-15)8-3-4-8;3*1-8(2)9(3)13-7-6-11(12-13)10-4-5-10;1-8(2)7-9-5-6-12(11-9)10-3-4-10;1-8(2)7-12-6-5-10(11-12)9-3-4-9;1-8(2)7-12-6-5-10(11-12)9(3)4;1-8(2)7-10-5-6-12(11-10)9(3)4;1-5(2)4-15-7(9(12)13)3-6(14-15)8(10)11;1-6(2)5-13-7(3)4-8(12-13)9(10)11/h2*5,7-8,11H,3-4,6H2,1-2H3;3*6-10H,4-5H2,1-3H3;5-6,8,10H,3-4,7H2,1-2H3;5-6,8-9H,3-4,7H2,1-2H3;2*5-6,8-9H,7H2,1-4H3;3,5,8-9H,4H2,1-2H3;4,6,9H,5H2,1-3H3/t;;2*9-;;;;;;;/m..10......./s1. The van der Waals surface area contributed by atoms with E-state index in [4.69, 9.17) is 0 Å². The van der Waals surface area contributed by atoms with Crippen molar-refractivity contribution >= 4 is 0 Å². The predicted molar refractivity (Wildman–Crippen MR) is 563 cm³/mol. The van der Waals surface area contributed by atoms with Gasteiger partial charge >= 0.3 is 0 Å². The van der Waals surface area contributed by atoms with E-state index in [0.717, 1.165) is 116 Å². The number of hydrogen-bond donors (Lipinski definition) is 0. The van der Waals surface area contributed by atoms with Crippen LogP contribution in [0.5, 0.6) is 0 Å². The number of rotatable bonds is 36. The zero-order valence-electron chi connectivity index (χ0n) is 93.2. The molecule has 11 aromatic heterocycles. The number of hydrogen-bond acceptors (Lipinski definition) is 11. The fourth-order valence-corrected chi connectivity index (χ4v) is 15.6. The molecule has 0 N–H and O–H groups in total. The summed E-state index contributed by atoms with van der Waals surface area (Å²) < 4.78 is 145. The molecule has 7 aliphatic carbocycles. The van der Waals surface area contributed by atoms with Crippen molar-refractivity contribution in [2.45, 2.75) is 453 Å². The molecule has 18 rings (SSSR count). The van der Waals surface area contributed by atoms with Gasteiger partial charge in [0.05, 0.1) is 69.7 Å². The van der Waals surface area contributed by atoms with Crippen LogP contribution in [0.2, 0.25) is 0 Å². The molecule has 0 saturated heterocycles. The van der Waals surface area contributed by atoms with E-state index in [2.05, 4.69) is 325 Å². The van der Waals surface area contributed by atoms with Gasteiger partial charge in [-0.15, -0.1) is 0 Å². The molecule has 7 fully saturated rings. The van der Waals surface area contributed by atoms with Crippen molar-refractivity contribution in [1.29, 1.82) is 0 Å². The van der Waals surface area contributed by atoms with Gasteiger partial charge in [0, 0.05) is 136 Å². The van der Waals surface area contributed by atoms with Crippen LogP contribution in [0.3, 0.4) is 0 Å². The van der Waals surface area contributed by atoms with Gasteiger partial charge in [0.1, 0.15) is 28.5 Å². The number of nitrogens with zero attached hydrogens (tertiary/aromatic N) is 22. The summed E-state index contributed by atoms with van der Waals surface area (Å²) in [5.41, 5.74) is 10.3. The first-order chi connectivity index (χ1) is 68.3. The summed E-state index contributed by atoms with van der Waals surface area (Å²) in [5, 5.41) is 47.3. The van der Waals surface area contributed by atoms with E-state index in [-0.39, 0.29) is 29.5 Å². The van der Waals surface area contributed by atoms with Crippen molar-refractivity contribution in [1.82, 2.24) is 108 Å². The molecule has 11 aromatic rings. The van der Waals surface area contributed by atoms with E-state index in [1.165, 1.54) is 115 Å². The number of aryl methyl sites for hydroxylation is 1. The average molecular weight is 2040 g/mol. The normalized spacial score (nSPS) is 15.7. The third-order valence-corrected chi connectivity index (χ3v) is 25.8. The van der Waals surface area contributed by atoms with Crippen LogP contribution in [0.4, 0.5) is 43.9 Å². The second-order valence-corrected chi connectivity index (χ2v) is 46.2. The fourth-order valence-electron chi connectivity index (χ4n) is 15.6. The molecule has 32 heteroatoms. The highest BCUT2D eigenvalue weighted by atomic mass is 19.3. The Morgan fingerprint density at radius 2 is 0.593 bits per heavy atom. The molecule has 22 nitrogen and oxygen atoms in total. The molecule has 0 amide bonds. The number of aromatic nitrogens is 22. The number of alkyl halides is 10. The third-order valence-electron chi connectivity index (χ3n) is 25.8. The second-order valence-electron chi connectivity index (χ2n) is 46.2. The summed E-state index contributed by atoms with van der Waals surface area (Å²) in [6.07, 6.45) is 21.8. The second kappa shape index (κ2) is 58.0. The Balaban J connectivity index is 0.000000195. The molecule has 812 valence electrons. The molecule has 0 spiro atoms. The van der Waals surface area contributed by atoms with E-state index >= 15 is 0 Å². The van der Waals surface area contributed by atoms with Crippen LogP contribution in [-0.2, 0) is 52.1 Å². The van der Waals surface area contributed by atoms with Crippen LogP contribution in [0, 0.1) is 72.0 Å². The van der Waals surface area contributed by atoms with Crippen LogP contribution < -0.4 is 0 Å². The van der Waals surface area contributed by atoms with E-state index in [1.54, 1.807) is 42.3 Å². The molecule has 0 radical (unpaired) electrons. The van der Waals surface area contributed by atoms with Crippen molar-refractivity contribution in [3.05, 3.63) is 196 Å². The van der Waals surface area contributed by atoms with Crippen LogP contribution >= 0.6 is 0 Å².